The lowest BCUT2D eigenvalue weighted by Crippen LogP contribution is -2.50. The fraction of sp³-hybridized carbons (Fsp3) is 0.391. The number of fused-ring (bicyclic) bond motifs is 2. The topological polar surface area (TPSA) is 90.3 Å². The van der Waals surface area contributed by atoms with E-state index in [0.29, 0.717) is 27.6 Å². The van der Waals surface area contributed by atoms with Crippen LogP contribution in [0.15, 0.2) is 24.3 Å². The molecule has 30 heavy (non-hydrogen) atoms. The van der Waals surface area contributed by atoms with Gasteiger partial charge in [-0.05, 0) is 48.8 Å². The number of imide groups is 1. The van der Waals surface area contributed by atoms with Gasteiger partial charge in [0.1, 0.15) is 17.1 Å². The first kappa shape index (κ1) is 20.3. The second-order valence-electron chi connectivity index (χ2n) is 8.37. The molecule has 0 bridgehead atoms. The van der Waals surface area contributed by atoms with Gasteiger partial charge in [0.25, 0.3) is 11.8 Å². The highest BCUT2D eigenvalue weighted by atomic mass is 32.1. The fourth-order valence-electron chi connectivity index (χ4n) is 4.32. The lowest BCUT2D eigenvalue weighted by molar-refractivity contribution is -0.121. The second-order valence-corrected chi connectivity index (χ2v) is 9.48. The Morgan fingerprint density at radius 3 is 2.43 bits per heavy atom. The summed E-state index contributed by atoms with van der Waals surface area (Å²) in [4.78, 5) is 41.3. The number of anilines is 1. The molecule has 2 heterocycles. The normalized spacial score (nSPS) is 18.8. The van der Waals surface area contributed by atoms with E-state index in [1.807, 2.05) is 0 Å². The number of hydrogen-bond acceptors (Lipinski definition) is 5. The van der Waals surface area contributed by atoms with Crippen molar-refractivity contribution in [2.75, 3.05) is 5.32 Å². The Morgan fingerprint density at radius 1 is 1.23 bits per heavy atom. The van der Waals surface area contributed by atoms with E-state index in [1.54, 1.807) is 38.1 Å². The fourth-order valence-corrected chi connectivity index (χ4v) is 5.69. The molecule has 4 rings (SSSR count). The Balaban J connectivity index is 1.65. The van der Waals surface area contributed by atoms with E-state index in [9.17, 15) is 19.6 Å². The van der Waals surface area contributed by atoms with Gasteiger partial charge < -0.3 is 5.32 Å². The average molecular weight is 422 g/mol. The van der Waals surface area contributed by atoms with Crippen LogP contribution in [-0.4, -0.2) is 28.7 Å². The molecular weight excluding hydrogens is 398 g/mol. The molecule has 2 unspecified atom stereocenters. The number of carbonyl (C=O) groups excluding carboxylic acids is 3. The standard InChI is InChI=1S/C23H23N3O3S/c1-12(2)19(26-22(28)15-6-4-5-7-16(15)23(26)29)20(27)25-21-17(11-24)14-9-8-13(3)10-18(14)30-21/h4-7,12-13,19H,8-10H2,1-3H3,(H,25,27). The molecule has 0 saturated carbocycles. The van der Waals surface area contributed by atoms with E-state index < -0.39 is 23.8 Å². The first-order chi connectivity index (χ1) is 14.3. The van der Waals surface area contributed by atoms with E-state index >= 15 is 0 Å². The van der Waals surface area contributed by atoms with Crippen molar-refractivity contribution in [2.24, 2.45) is 11.8 Å². The molecule has 154 valence electrons. The van der Waals surface area contributed by atoms with E-state index in [0.717, 1.165) is 34.6 Å². The monoisotopic (exact) mass is 421 g/mol. The van der Waals surface area contributed by atoms with E-state index in [-0.39, 0.29) is 5.92 Å². The van der Waals surface area contributed by atoms with Gasteiger partial charge >= 0.3 is 0 Å². The SMILES string of the molecule is CC1CCc2c(sc(NC(=O)C(C(C)C)N3C(=O)c4ccccc4C3=O)c2C#N)C1. The Hall–Kier alpha value is -2.98. The Bertz CT molecular complexity index is 1060. The number of thiophene rings is 1. The van der Waals surface area contributed by atoms with Crippen LogP contribution in [0.3, 0.4) is 0 Å². The average Bonchev–Trinajstić information content (AvgIpc) is 3.17. The number of rotatable bonds is 4. The first-order valence-electron chi connectivity index (χ1n) is 10.2. The summed E-state index contributed by atoms with van der Waals surface area (Å²) in [7, 11) is 0. The van der Waals surface area contributed by atoms with Gasteiger partial charge in [-0.1, -0.05) is 32.9 Å². The zero-order chi connectivity index (χ0) is 21.6. The molecule has 0 spiro atoms. The van der Waals surface area contributed by atoms with Crippen molar-refractivity contribution in [2.45, 2.75) is 46.1 Å². The molecule has 1 aliphatic heterocycles. The number of nitrogens with zero attached hydrogens (tertiary/aromatic N) is 2. The third kappa shape index (κ3) is 3.21. The van der Waals surface area contributed by atoms with Gasteiger partial charge in [0, 0.05) is 4.88 Å². The molecule has 0 saturated heterocycles. The second kappa shape index (κ2) is 7.69. The van der Waals surface area contributed by atoms with Crippen LogP contribution < -0.4 is 5.32 Å². The predicted molar refractivity (Wildman–Crippen MR) is 114 cm³/mol. The van der Waals surface area contributed by atoms with Crippen LogP contribution in [0.5, 0.6) is 0 Å². The Morgan fingerprint density at radius 2 is 1.87 bits per heavy atom. The predicted octanol–water partition coefficient (Wildman–Crippen LogP) is 4.00. The van der Waals surface area contributed by atoms with E-state index in [2.05, 4.69) is 18.3 Å². The molecule has 2 atom stereocenters. The maximum Gasteiger partial charge on any atom is 0.262 e. The molecule has 1 aromatic heterocycles. The summed E-state index contributed by atoms with van der Waals surface area (Å²) >= 11 is 1.44. The van der Waals surface area contributed by atoms with Gasteiger partial charge in [0.05, 0.1) is 16.7 Å². The lowest BCUT2D eigenvalue weighted by atomic mass is 9.88. The molecular formula is C23H23N3O3S. The zero-order valence-electron chi connectivity index (χ0n) is 17.2. The third-order valence-electron chi connectivity index (χ3n) is 5.86. The molecule has 1 N–H and O–H groups in total. The van der Waals surface area contributed by atoms with Crippen LogP contribution in [0.2, 0.25) is 0 Å². The van der Waals surface area contributed by atoms with Crippen LogP contribution in [-0.2, 0) is 17.6 Å². The number of nitriles is 1. The number of nitrogens with one attached hydrogen (secondary N) is 1. The van der Waals surface area contributed by atoms with Crippen LogP contribution in [0.1, 0.15) is 63.9 Å². The summed E-state index contributed by atoms with van der Waals surface area (Å²) in [5.74, 6) is -1.09. The molecule has 1 aliphatic carbocycles. The zero-order valence-corrected chi connectivity index (χ0v) is 18.0. The molecule has 0 radical (unpaired) electrons. The number of amides is 3. The first-order valence-corrected chi connectivity index (χ1v) is 11.0. The summed E-state index contributed by atoms with van der Waals surface area (Å²) in [5, 5.41) is 13.1. The van der Waals surface area contributed by atoms with Crippen LogP contribution in [0.4, 0.5) is 5.00 Å². The number of benzene rings is 1. The van der Waals surface area contributed by atoms with Crippen LogP contribution in [0, 0.1) is 23.2 Å². The maximum absolute atomic E-state index is 13.3. The van der Waals surface area contributed by atoms with Gasteiger partial charge in [0.15, 0.2) is 0 Å². The molecule has 2 aromatic rings. The third-order valence-corrected chi connectivity index (χ3v) is 7.03. The van der Waals surface area contributed by atoms with Crippen molar-refractivity contribution in [3.05, 3.63) is 51.4 Å². The van der Waals surface area contributed by atoms with E-state index in [1.165, 1.54) is 11.3 Å². The van der Waals surface area contributed by atoms with Crippen molar-refractivity contribution in [1.82, 2.24) is 4.90 Å². The molecule has 1 aromatic carbocycles. The van der Waals surface area contributed by atoms with Gasteiger partial charge in [-0.15, -0.1) is 11.3 Å². The van der Waals surface area contributed by atoms with Crippen molar-refractivity contribution >= 4 is 34.1 Å². The lowest BCUT2D eigenvalue weighted by Gasteiger charge is -2.28. The quantitative estimate of drug-likeness (QED) is 0.756. The summed E-state index contributed by atoms with van der Waals surface area (Å²) in [6.07, 6.45) is 2.75. The van der Waals surface area contributed by atoms with Crippen LogP contribution in [0.25, 0.3) is 0 Å². The highest BCUT2D eigenvalue weighted by Gasteiger charge is 2.44. The van der Waals surface area contributed by atoms with E-state index in [4.69, 9.17) is 0 Å². The Kier molecular flexibility index (Phi) is 5.20. The van der Waals surface area contributed by atoms with Gasteiger partial charge in [-0.2, -0.15) is 5.26 Å². The molecule has 6 nitrogen and oxygen atoms in total. The highest BCUT2D eigenvalue weighted by Crippen LogP contribution is 2.39. The number of carbonyl (C=O) groups is 3. The molecule has 2 aliphatic rings. The molecule has 3 amide bonds. The van der Waals surface area contributed by atoms with Crippen molar-refractivity contribution in [3.63, 3.8) is 0 Å². The minimum atomic E-state index is -0.956. The Labute approximate surface area is 179 Å². The maximum atomic E-state index is 13.3. The van der Waals surface area contributed by atoms with Crippen molar-refractivity contribution in [1.29, 1.82) is 5.26 Å². The summed E-state index contributed by atoms with van der Waals surface area (Å²) in [6, 6.07) is 7.90. The molecule has 0 fully saturated rings. The summed E-state index contributed by atoms with van der Waals surface area (Å²) < 4.78 is 0. The minimum absolute atomic E-state index is 0.285. The number of hydrogen-bond donors (Lipinski definition) is 1. The van der Waals surface area contributed by atoms with Gasteiger partial charge in [-0.25, -0.2) is 0 Å². The smallest absolute Gasteiger partial charge is 0.262 e. The summed E-state index contributed by atoms with van der Waals surface area (Å²) in [5.41, 5.74) is 2.18. The van der Waals surface area contributed by atoms with Crippen LogP contribution >= 0.6 is 11.3 Å². The van der Waals surface area contributed by atoms with Crippen molar-refractivity contribution < 1.29 is 14.4 Å². The molecule has 7 heteroatoms. The highest BCUT2D eigenvalue weighted by molar-refractivity contribution is 7.16. The van der Waals surface area contributed by atoms with Crippen molar-refractivity contribution in [3.8, 4) is 6.07 Å². The minimum Gasteiger partial charge on any atom is -0.315 e. The van der Waals surface area contributed by atoms with Gasteiger partial charge in [0.2, 0.25) is 5.91 Å². The summed E-state index contributed by atoms with van der Waals surface area (Å²) in [6.45, 7) is 5.80. The largest absolute Gasteiger partial charge is 0.315 e. The van der Waals surface area contributed by atoms with Gasteiger partial charge in [-0.3, -0.25) is 19.3 Å².